The average Bonchev–Trinajstić information content (AvgIpc) is 3.65. The lowest BCUT2D eigenvalue weighted by atomic mass is 10.1. The van der Waals surface area contributed by atoms with Crippen molar-refractivity contribution in [1.82, 2.24) is 30.4 Å². The molecule has 4 aromatic rings. The van der Waals surface area contributed by atoms with Gasteiger partial charge < -0.3 is 28.5 Å². The highest BCUT2D eigenvalue weighted by molar-refractivity contribution is 5.88. The Morgan fingerprint density at radius 2 is 1.87 bits per heavy atom. The molecule has 0 spiro atoms. The molecule has 1 aromatic carbocycles. The molecule has 2 amide bonds. The number of carbonyl (C=O) groups is 2. The van der Waals surface area contributed by atoms with Gasteiger partial charge in [0.1, 0.15) is 23.8 Å². The Hall–Kier alpha value is -4.61. The van der Waals surface area contributed by atoms with Crippen LogP contribution in [-0.4, -0.2) is 56.7 Å². The number of nitrogens with zero attached hydrogens (tertiary/aromatic N) is 5. The van der Waals surface area contributed by atoms with E-state index < -0.39 is 23.4 Å². The fourth-order valence-corrected chi connectivity index (χ4v) is 3.97. The van der Waals surface area contributed by atoms with Crippen LogP contribution in [0.4, 0.5) is 0 Å². The second kappa shape index (κ2) is 11.4. The van der Waals surface area contributed by atoms with Crippen molar-refractivity contribution in [3.63, 3.8) is 0 Å². The lowest BCUT2D eigenvalue weighted by Gasteiger charge is -2.31. The largest absolute Gasteiger partial charge is 0.493 e. The number of amides is 2. The van der Waals surface area contributed by atoms with Gasteiger partial charge in [0.05, 0.1) is 27.0 Å². The fourth-order valence-electron chi connectivity index (χ4n) is 3.97. The maximum Gasteiger partial charge on any atom is 0.251 e. The zero-order valence-corrected chi connectivity index (χ0v) is 22.8. The van der Waals surface area contributed by atoms with E-state index in [0.717, 1.165) is 0 Å². The van der Waals surface area contributed by atoms with E-state index in [1.807, 2.05) is 20.8 Å². The minimum atomic E-state index is -1.07. The van der Waals surface area contributed by atoms with Gasteiger partial charge in [-0.2, -0.15) is 4.80 Å². The molecule has 39 heavy (non-hydrogen) atoms. The van der Waals surface area contributed by atoms with Crippen LogP contribution < -0.4 is 14.8 Å². The van der Waals surface area contributed by atoms with Crippen molar-refractivity contribution < 1.29 is 27.9 Å². The van der Waals surface area contributed by atoms with E-state index in [1.54, 1.807) is 56.5 Å². The Morgan fingerprint density at radius 1 is 1.10 bits per heavy atom. The third-order valence-electron chi connectivity index (χ3n) is 5.69. The second-order valence-electron chi connectivity index (χ2n) is 9.90. The molecule has 0 aliphatic carbocycles. The Kier molecular flexibility index (Phi) is 8.03. The number of nitrogens with one attached hydrogen (secondary N) is 1. The Bertz CT molecular complexity index is 1420. The van der Waals surface area contributed by atoms with Crippen molar-refractivity contribution in [3.8, 4) is 22.9 Å². The van der Waals surface area contributed by atoms with E-state index in [2.05, 4.69) is 20.7 Å². The van der Waals surface area contributed by atoms with Gasteiger partial charge in [0.15, 0.2) is 17.5 Å². The second-order valence-corrected chi connectivity index (χ2v) is 9.90. The molecular weight excluding hydrogens is 504 g/mol. The molecule has 0 fully saturated rings. The van der Waals surface area contributed by atoms with Gasteiger partial charge in [-0.25, -0.2) is 0 Å². The molecule has 0 saturated heterocycles. The van der Waals surface area contributed by atoms with Gasteiger partial charge in [-0.15, -0.1) is 10.2 Å². The molecule has 1 atom stereocenters. The number of tetrazole rings is 1. The topological polar surface area (TPSA) is 138 Å². The number of benzene rings is 1. The number of aryl methyl sites for hydroxylation is 1. The SMILES string of the molecule is COc1ccc(-c2nnn(CC(=O)N(Cc3ccco3)[C@@H](C(=O)NC(C)(C)C)c3ccc(C)o3)n2)cc1OC. The summed E-state index contributed by atoms with van der Waals surface area (Å²) in [5, 5.41) is 15.5. The molecule has 0 aliphatic heterocycles. The molecule has 0 aliphatic rings. The van der Waals surface area contributed by atoms with Gasteiger partial charge in [-0.3, -0.25) is 9.59 Å². The fraction of sp³-hybridized carbons (Fsp3) is 0.370. The van der Waals surface area contributed by atoms with Gasteiger partial charge in [0.2, 0.25) is 11.7 Å². The molecule has 12 nitrogen and oxygen atoms in total. The van der Waals surface area contributed by atoms with E-state index in [1.165, 1.54) is 23.1 Å². The Morgan fingerprint density at radius 3 is 2.49 bits per heavy atom. The summed E-state index contributed by atoms with van der Waals surface area (Å²) in [5.74, 6) is 1.97. The third kappa shape index (κ3) is 6.64. The molecule has 12 heteroatoms. The normalized spacial score (nSPS) is 12.2. The van der Waals surface area contributed by atoms with Crippen molar-refractivity contribution in [2.45, 2.75) is 52.4 Å². The van der Waals surface area contributed by atoms with E-state index in [0.29, 0.717) is 40.2 Å². The number of ether oxygens (including phenoxy) is 2. The van der Waals surface area contributed by atoms with Gasteiger partial charge in [0, 0.05) is 11.1 Å². The molecule has 3 aromatic heterocycles. The van der Waals surface area contributed by atoms with Crippen LogP contribution in [0.1, 0.15) is 44.1 Å². The molecule has 0 unspecified atom stereocenters. The first-order valence-corrected chi connectivity index (χ1v) is 12.3. The number of rotatable bonds is 10. The summed E-state index contributed by atoms with van der Waals surface area (Å²) in [5.41, 5.74) is 0.0882. The monoisotopic (exact) mass is 536 g/mol. The van der Waals surface area contributed by atoms with E-state index in [9.17, 15) is 9.59 Å². The predicted octanol–water partition coefficient (Wildman–Crippen LogP) is 3.54. The molecular formula is C27H32N6O6. The molecule has 0 bridgehead atoms. The first-order chi connectivity index (χ1) is 18.6. The summed E-state index contributed by atoms with van der Waals surface area (Å²) in [6.07, 6.45) is 1.51. The highest BCUT2D eigenvalue weighted by Gasteiger charge is 2.36. The number of aromatic nitrogens is 4. The lowest BCUT2D eigenvalue weighted by Crippen LogP contribution is -2.49. The van der Waals surface area contributed by atoms with Gasteiger partial charge >= 0.3 is 0 Å². The number of carbonyl (C=O) groups excluding carboxylic acids is 2. The standard InChI is InChI=1S/C27H32N6O6/c1-17-9-11-21(39-17)24(26(35)28-27(2,3)4)32(15-19-8-7-13-38-19)23(34)16-33-30-25(29-31-33)18-10-12-20(36-5)22(14-18)37-6/h7-14,24H,15-16H2,1-6H3,(H,28,35)/t24-/m1/s1. The number of methoxy groups -OCH3 is 2. The van der Waals surface area contributed by atoms with Crippen molar-refractivity contribution >= 4 is 11.8 Å². The summed E-state index contributed by atoms with van der Waals surface area (Å²) < 4.78 is 22.0. The van der Waals surface area contributed by atoms with Crippen molar-refractivity contribution in [1.29, 1.82) is 0 Å². The van der Waals surface area contributed by atoms with E-state index >= 15 is 0 Å². The number of furan rings is 2. The van der Waals surface area contributed by atoms with Crippen LogP contribution in [0.25, 0.3) is 11.4 Å². The molecule has 0 radical (unpaired) electrons. The van der Waals surface area contributed by atoms with Crippen molar-refractivity contribution in [2.75, 3.05) is 14.2 Å². The van der Waals surface area contributed by atoms with Gasteiger partial charge in [0.25, 0.3) is 5.91 Å². The zero-order chi connectivity index (χ0) is 28.2. The highest BCUT2D eigenvalue weighted by atomic mass is 16.5. The summed E-state index contributed by atoms with van der Waals surface area (Å²) in [6, 6.07) is 11.0. The lowest BCUT2D eigenvalue weighted by molar-refractivity contribution is -0.144. The van der Waals surface area contributed by atoms with Crippen LogP contribution in [0.3, 0.4) is 0 Å². The molecule has 3 heterocycles. The minimum Gasteiger partial charge on any atom is -0.493 e. The van der Waals surface area contributed by atoms with Crippen LogP contribution in [0.2, 0.25) is 0 Å². The quantitative estimate of drug-likeness (QED) is 0.322. The van der Waals surface area contributed by atoms with Crippen LogP contribution in [0.5, 0.6) is 11.5 Å². The average molecular weight is 537 g/mol. The van der Waals surface area contributed by atoms with Gasteiger partial charge in [-0.05, 0) is 75.4 Å². The van der Waals surface area contributed by atoms with Crippen LogP contribution >= 0.6 is 0 Å². The van der Waals surface area contributed by atoms with Crippen LogP contribution in [0.15, 0.2) is 57.6 Å². The Labute approximate surface area is 225 Å². The first kappa shape index (κ1) is 27.4. The number of hydrogen-bond donors (Lipinski definition) is 1. The third-order valence-corrected chi connectivity index (χ3v) is 5.69. The van der Waals surface area contributed by atoms with Crippen molar-refractivity contribution in [3.05, 3.63) is 66.0 Å². The van der Waals surface area contributed by atoms with E-state index in [-0.39, 0.29) is 13.1 Å². The van der Waals surface area contributed by atoms with Gasteiger partial charge in [-0.1, -0.05) is 0 Å². The van der Waals surface area contributed by atoms with Crippen molar-refractivity contribution in [2.24, 2.45) is 0 Å². The number of hydrogen-bond acceptors (Lipinski definition) is 9. The maximum absolute atomic E-state index is 13.8. The molecule has 1 N–H and O–H groups in total. The van der Waals surface area contributed by atoms with Crippen LogP contribution in [0, 0.1) is 6.92 Å². The maximum atomic E-state index is 13.8. The highest BCUT2D eigenvalue weighted by Crippen LogP contribution is 2.31. The molecule has 4 rings (SSSR count). The summed E-state index contributed by atoms with van der Waals surface area (Å²) in [6.45, 7) is 7.11. The molecule has 0 saturated carbocycles. The minimum absolute atomic E-state index is 0.0189. The molecule has 206 valence electrons. The predicted molar refractivity (Wildman–Crippen MR) is 140 cm³/mol. The summed E-state index contributed by atoms with van der Waals surface area (Å²) in [7, 11) is 3.08. The van der Waals surface area contributed by atoms with E-state index in [4.69, 9.17) is 18.3 Å². The summed E-state index contributed by atoms with van der Waals surface area (Å²) >= 11 is 0. The Balaban J connectivity index is 1.64. The smallest absolute Gasteiger partial charge is 0.251 e. The summed E-state index contributed by atoms with van der Waals surface area (Å²) in [4.78, 5) is 29.8. The zero-order valence-electron chi connectivity index (χ0n) is 22.8. The van der Waals surface area contributed by atoms with Crippen LogP contribution in [-0.2, 0) is 22.7 Å². The first-order valence-electron chi connectivity index (χ1n) is 12.3.